The molecule has 1 saturated carbocycles. The van der Waals surface area contributed by atoms with Gasteiger partial charge in [0.2, 0.25) is 0 Å². The van der Waals surface area contributed by atoms with Crippen LogP contribution in [0.2, 0.25) is 0 Å². The summed E-state index contributed by atoms with van der Waals surface area (Å²) >= 11 is 3.72. The van der Waals surface area contributed by atoms with Crippen LogP contribution in [0.5, 0.6) is 0 Å². The number of aliphatic carboxylic acids is 1. The van der Waals surface area contributed by atoms with Crippen LogP contribution >= 0.6 is 23.1 Å². The zero-order chi connectivity index (χ0) is 31.2. The molecule has 2 unspecified atom stereocenters. The number of carboxylic acid groups (broad SMARTS) is 1. The number of carbonyl (C=O) groups is 1. The van der Waals surface area contributed by atoms with Crippen LogP contribution in [-0.2, 0) is 17.6 Å². The van der Waals surface area contributed by atoms with Crippen LogP contribution in [0.25, 0.3) is 15.3 Å². The van der Waals surface area contributed by atoms with Crippen molar-refractivity contribution < 1.29 is 9.90 Å². The molecule has 0 amide bonds. The fourth-order valence-electron chi connectivity index (χ4n) is 7.23. The van der Waals surface area contributed by atoms with Crippen molar-refractivity contribution >= 4 is 51.0 Å². The molecular formula is C39H36N2O2S2. The van der Waals surface area contributed by atoms with Gasteiger partial charge in [-0.15, -0.1) is 23.1 Å². The first-order valence-corrected chi connectivity index (χ1v) is 17.5. The van der Waals surface area contributed by atoms with Gasteiger partial charge in [-0.2, -0.15) is 5.26 Å². The molecule has 0 spiro atoms. The largest absolute Gasteiger partial charge is 0.477 e. The van der Waals surface area contributed by atoms with Gasteiger partial charge in [-0.05, 0) is 130 Å². The molecule has 1 N–H and O–H groups in total. The van der Waals surface area contributed by atoms with E-state index in [-0.39, 0.29) is 10.8 Å². The third-order valence-electron chi connectivity index (χ3n) is 9.51. The molecule has 1 aromatic heterocycles. The van der Waals surface area contributed by atoms with Crippen molar-refractivity contribution in [3.05, 3.63) is 117 Å². The summed E-state index contributed by atoms with van der Waals surface area (Å²) in [5.74, 6) is -0.807. The van der Waals surface area contributed by atoms with Gasteiger partial charge in [0.25, 0.3) is 0 Å². The first kappa shape index (κ1) is 29.6. The Labute approximate surface area is 273 Å². The van der Waals surface area contributed by atoms with Crippen molar-refractivity contribution in [2.45, 2.75) is 64.5 Å². The van der Waals surface area contributed by atoms with Crippen LogP contribution in [0.15, 0.2) is 84.0 Å². The molecule has 0 saturated heterocycles. The molecular weight excluding hydrogens is 593 g/mol. The Bertz CT molecular complexity index is 1860. The van der Waals surface area contributed by atoms with Crippen molar-refractivity contribution in [1.29, 1.82) is 5.26 Å². The van der Waals surface area contributed by atoms with E-state index in [4.69, 9.17) is 0 Å². The predicted molar refractivity (Wildman–Crippen MR) is 188 cm³/mol. The number of thioether (sulfide) groups is 1. The van der Waals surface area contributed by atoms with Crippen molar-refractivity contribution in [2.24, 2.45) is 5.92 Å². The fourth-order valence-corrected chi connectivity index (χ4v) is 10.5. The number of hydrogen-bond acceptors (Lipinski definition) is 5. The summed E-state index contributed by atoms with van der Waals surface area (Å²) in [5, 5.41) is 19.0. The summed E-state index contributed by atoms with van der Waals surface area (Å²) in [6.07, 6.45) is 8.32. The van der Waals surface area contributed by atoms with Gasteiger partial charge in [0, 0.05) is 37.0 Å². The third kappa shape index (κ3) is 5.43. The number of nitrogens with zero attached hydrogens (tertiary/aromatic N) is 2. The molecule has 3 aromatic carbocycles. The number of rotatable bonds is 7. The van der Waals surface area contributed by atoms with Gasteiger partial charge in [0.15, 0.2) is 0 Å². The summed E-state index contributed by atoms with van der Waals surface area (Å²) in [5.41, 5.74) is 12.8. The number of allylic oxidation sites excluding steroid dienone is 1. The van der Waals surface area contributed by atoms with E-state index < -0.39 is 5.97 Å². The Morgan fingerprint density at radius 2 is 1.49 bits per heavy atom. The predicted octanol–water partition coefficient (Wildman–Crippen LogP) is 10.5. The molecule has 2 aliphatic carbocycles. The molecule has 0 radical (unpaired) electrons. The molecule has 6 heteroatoms. The standard InChI is InChI=1S/C39H36N2O2S2/c1-23-10-14-27(15-11-23)41(28-16-12-24(2)13-17-28)29-18-19-30(25(3)20-29)36-33-8-5-9-34(33)38(45-36)37-32-7-4-6-31(32)35(44-37)21-26(22-40)39(42)43/h10-21,31,35H,4-9H2,1-3H3,(H,42,43)/b26-21+. The van der Waals surface area contributed by atoms with Crippen LogP contribution in [-0.4, -0.2) is 16.3 Å². The van der Waals surface area contributed by atoms with Crippen molar-refractivity contribution in [1.82, 2.24) is 0 Å². The lowest BCUT2D eigenvalue weighted by Gasteiger charge is -2.26. The van der Waals surface area contributed by atoms with Crippen molar-refractivity contribution in [3.63, 3.8) is 0 Å². The lowest BCUT2D eigenvalue weighted by molar-refractivity contribution is -0.132. The van der Waals surface area contributed by atoms with E-state index in [1.54, 1.807) is 17.8 Å². The van der Waals surface area contributed by atoms with Crippen LogP contribution < -0.4 is 4.90 Å². The zero-order valence-corrected chi connectivity index (χ0v) is 27.5. The summed E-state index contributed by atoms with van der Waals surface area (Å²) in [6, 6.07) is 26.3. The fraction of sp³-hybridized carbons (Fsp3) is 0.282. The Morgan fingerprint density at radius 3 is 2.09 bits per heavy atom. The van der Waals surface area contributed by atoms with Gasteiger partial charge in [0.1, 0.15) is 11.6 Å². The number of benzene rings is 3. The average molecular weight is 629 g/mol. The van der Waals surface area contributed by atoms with E-state index in [9.17, 15) is 15.2 Å². The number of fused-ring (bicyclic) bond motifs is 2. The summed E-state index contributed by atoms with van der Waals surface area (Å²) in [4.78, 5) is 18.1. The number of nitriles is 1. The van der Waals surface area contributed by atoms with Gasteiger partial charge < -0.3 is 10.0 Å². The van der Waals surface area contributed by atoms with E-state index in [1.165, 1.54) is 60.0 Å². The number of carboxylic acids is 1. The number of anilines is 3. The van der Waals surface area contributed by atoms with Gasteiger partial charge in [0.05, 0.1) is 0 Å². The smallest absolute Gasteiger partial charge is 0.346 e. The van der Waals surface area contributed by atoms with E-state index in [1.807, 2.05) is 17.4 Å². The second-order valence-electron chi connectivity index (χ2n) is 12.5. The van der Waals surface area contributed by atoms with Gasteiger partial charge >= 0.3 is 5.97 Å². The van der Waals surface area contributed by atoms with E-state index in [2.05, 4.69) is 92.4 Å². The zero-order valence-electron chi connectivity index (χ0n) is 25.9. The van der Waals surface area contributed by atoms with Crippen molar-refractivity contribution in [3.8, 4) is 16.5 Å². The van der Waals surface area contributed by atoms with E-state index in [0.717, 1.165) is 49.2 Å². The maximum atomic E-state index is 11.6. The minimum atomic E-state index is -1.13. The summed E-state index contributed by atoms with van der Waals surface area (Å²) in [7, 11) is 0. The molecule has 7 rings (SSSR count). The highest BCUT2D eigenvalue weighted by molar-refractivity contribution is 8.09. The Morgan fingerprint density at radius 1 is 0.867 bits per heavy atom. The normalized spacial score (nSPS) is 19.0. The van der Waals surface area contributed by atoms with Crippen LogP contribution in [0.1, 0.15) is 58.4 Å². The average Bonchev–Trinajstić information content (AvgIpc) is 3.82. The highest BCUT2D eigenvalue weighted by Crippen LogP contribution is 2.58. The first-order valence-electron chi connectivity index (χ1n) is 15.8. The summed E-state index contributed by atoms with van der Waals surface area (Å²) < 4.78 is 0. The molecule has 2 heterocycles. The second-order valence-corrected chi connectivity index (χ2v) is 14.7. The van der Waals surface area contributed by atoms with E-state index >= 15 is 0 Å². The summed E-state index contributed by atoms with van der Waals surface area (Å²) in [6.45, 7) is 6.48. The monoisotopic (exact) mass is 628 g/mol. The molecule has 1 aliphatic heterocycles. The molecule has 226 valence electrons. The van der Waals surface area contributed by atoms with Gasteiger partial charge in [-0.25, -0.2) is 4.79 Å². The third-order valence-corrected chi connectivity index (χ3v) is 12.4. The number of thiophene rings is 1. The molecule has 2 atom stereocenters. The van der Waals surface area contributed by atoms with Crippen molar-refractivity contribution in [2.75, 3.05) is 4.90 Å². The number of aryl methyl sites for hydroxylation is 3. The van der Waals surface area contributed by atoms with Gasteiger partial charge in [-0.3, -0.25) is 0 Å². The van der Waals surface area contributed by atoms with Gasteiger partial charge in [-0.1, -0.05) is 47.0 Å². The lowest BCUT2D eigenvalue weighted by atomic mass is 9.96. The molecule has 45 heavy (non-hydrogen) atoms. The van der Waals surface area contributed by atoms with Crippen LogP contribution in [0.4, 0.5) is 17.1 Å². The Kier molecular flexibility index (Phi) is 7.93. The minimum absolute atomic E-state index is 0.0152. The molecule has 0 bridgehead atoms. The molecule has 3 aliphatic rings. The SMILES string of the molecule is Cc1ccc(N(c2ccc(C)cc2)c2ccc(-c3sc(C4=C5CCCC5C(/C=C(\C#N)C(=O)O)S4)c4c3CCC4)c(C)c2)cc1. The topological polar surface area (TPSA) is 64.3 Å². The highest BCUT2D eigenvalue weighted by atomic mass is 32.2. The highest BCUT2D eigenvalue weighted by Gasteiger charge is 2.40. The van der Waals surface area contributed by atoms with E-state index in [0.29, 0.717) is 5.92 Å². The maximum Gasteiger partial charge on any atom is 0.346 e. The van der Waals surface area contributed by atoms with Crippen LogP contribution in [0, 0.1) is 38.0 Å². The molecule has 4 nitrogen and oxygen atoms in total. The molecule has 4 aromatic rings. The lowest BCUT2D eigenvalue weighted by Crippen LogP contribution is -2.11. The minimum Gasteiger partial charge on any atom is -0.477 e. The quantitative estimate of drug-likeness (QED) is 0.163. The molecule has 1 fully saturated rings. The first-order chi connectivity index (χ1) is 21.8. The number of hydrogen-bond donors (Lipinski definition) is 1. The van der Waals surface area contributed by atoms with Crippen LogP contribution in [0.3, 0.4) is 0 Å². The second kappa shape index (κ2) is 12.0. The Hall–Kier alpha value is -4.05. The Balaban J connectivity index is 1.27. The maximum absolute atomic E-state index is 11.6.